The summed E-state index contributed by atoms with van der Waals surface area (Å²) in [7, 11) is 0. The van der Waals surface area contributed by atoms with Gasteiger partial charge in [-0.2, -0.15) is 0 Å². The summed E-state index contributed by atoms with van der Waals surface area (Å²) in [5, 5.41) is 20.1. The summed E-state index contributed by atoms with van der Waals surface area (Å²) in [6.45, 7) is 9.00. The van der Waals surface area contributed by atoms with Gasteiger partial charge in [0.25, 0.3) is 0 Å². The zero-order valence-corrected chi connectivity index (χ0v) is 21.5. The number of carbonyl (C=O) groups is 2. The normalized spacial score (nSPS) is 23.7. The average Bonchev–Trinajstić information content (AvgIpc) is 2.72. The Hall–Kier alpha value is -1.06. The van der Waals surface area contributed by atoms with E-state index in [1.54, 1.807) is 0 Å². The second-order valence-corrected chi connectivity index (χ2v) is 11.3. The van der Waals surface area contributed by atoms with Gasteiger partial charge in [0.05, 0.1) is 11.3 Å². The van der Waals surface area contributed by atoms with Crippen molar-refractivity contribution < 1.29 is 19.8 Å². The van der Waals surface area contributed by atoms with E-state index in [2.05, 4.69) is 27.7 Å². The van der Waals surface area contributed by atoms with Crippen molar-refractivity contribution in [2.45, 2.75) is 137 Å². The van der Waals surface area contributed by atoms with Gasteiger partial charge in [-0.3, -0.25) is 9.59 Å². The SMILES string of the molecule is CC(C)CCCCCCCCCC1C(C(=O)O)CCCC1(CCCCCC(C)C)C(=O)O. The third kappa shape index (κ3) is 10.3. The number of carboxylic acids is 2. The van der Waals surface area contributed by atoms with Crippen LogP contribution in [0.1, 0.15) is 137 Å². The Labute approximate surface area is 197 Å². The van der Waals surface area contributed by atoms with Gasteiger partial charge in [-0.25, -0.2) is 0 Å². The van der Waals surface area contributed by atoms with Gasteiger partial charge in [0, 0.05) is 0 Å². The summed E-state index contributed by atoms with van der Waals surface area (Å²) in [4.78, 5) is 24.5. The molecule has 4 heteroatoms. The van der Waals surface area contributed by atoms with Crippen molar-refractivity contribution in [3.63, 3.8) is 0 Å². The molecule has 0 bridgehead atoms. The summed E-state index contributed by atoms with van der Waals surface area (Å²) >= 11 is 0. The molecule has 32 heavy (non-hydrogen) atoms. The van der Waals surface area contributed by atoms with E-state index in [4.69, 9.17) is 0 Å². The quantitative estimate of drug-likeness (QED) is 0.205. The van der Waals surface area contributed by atoms with Crippen LogP contribution in [-0.4, -0.2) is 22.2 Å². The fraction of sp³-hybridized carbons (Fsp3) is 0.929. The molecule has 1 aliphatic carbocycles. The zero-order valence-electron chi connectivity index (χ0n) is 21.5. The van der Waals surface area contributed by atoms with Crippen molar-refractivity contribution >= 4 is 11.9 Å². The van der Waals surface area contributed by atoms with Gasteiger partial charge in [0.1, 0.15) is 0 Å². The van der Waals surface area contributed by atoms with Crippen LogP contribution in [0.15, 0.2) is 0 Å². The first-order valence-electron chi connectivity index (χ1n) is 13.7. The van der Waals surface area contributed by atoms with E-state index in [-0.39, 0.29) is 5.92 Å². The molecule has 0 aromatic heterocycles. The molecule has 0 aromatic carbocycles. The molecule has 3 unspecified atom stereocenters. The molecule has 1 fully saturated rings. The Kier molecular flexibility index (Phi) is 14.2. The molecule has 1 rings (SSSR count). The molecule has 0 amide bonds. The summed E-state index contributed by atoms with van der Waals surface area (Å²) in [5.74, 6) is -0.781. The monoisotopic (exact) mass is 452 g/mol. The van der Waals surface area contributed by atoms with Crippen molar-refractivity contribution in [3.05, 3.63) is 0 Å². The minimum absolute atomic E-state index is 0.220. The molecule has 4 nitrogen and oxygen atoms in total. The summed E-state index contributed by atoms with van der Waals surface area (Å²) in [6.07, 6.45) is 17.4. The minimum Gasteiger partial charge on any atom is -0.481 e. The maximum absolute atomic E-state index is 12.5. The highest BCUT2D eigenvalue weighted by molar-refractivity contribution is 5.78. The van der Waals surface area contributed by atoms with Crippen molar-refractivity contribution in [2.24, 2.45) is 29.1 Å². The predicted octanol–water partition coefficient (Wildman–Crippen LogP) is 8.33. The van der Waals surface area contributed by atoms with Crippen LogP contribution in [0.3, 0.4) is 0 Å². The number of aliphatic carboxylic acids is 2. The van der Waals surface area contributed by atoms with Crippen LogP contribution in [0.25, 0.3) is 0 Å². The van der Waals surface area contributed by atoms with Crippen molar-refractivity contribution in [1.82, 2.24) is 0 Å². The van der Waals surface area contributed by atoms with Gasteiger partial charge < -0.3 is 10.2 Å². The molecule has 2 N–H and O–H groups in total. The highest BCUT2D eigenvalue weighted by Crippen LogP contribution is 2.50. The Morgan fingerprint density at radius 3 is 1.78 bits per heavy atom. The number of carboxylic acid groups (broad SMARTS) is 2. The standard InChI is InChI=1S/C28H52O4/c1-22(2)16-11-8-6-5-7-9-13-19-25-24(26(29)30)18-15-21-28(25,27(31)32)20-14-10-12-17-23(3)4/h22-25H,5-21H2,1-4H3,(H,29,30)(H,31,32). The van der Waals surface area contributed by atoms with Crippen molar-refractivity contribution in [3.8, 4) is 0 Å². The van der Waals surface area contributed by atoms with Crippen LogP contribution in [-0.2, 0) is 9.59 Å². The molecule has 0 saturated heterocycles. The van der Waals surface area contributed by atoms with Crippen LogP contribution in [0.4, 0.5) is 0 Å². The van der Waals surface area contributed by atoms with Gasteiger partial charge in [0.15, 0.2) is 0 Å². The van der Waals surface area contributed by atoms with E-state index in [1.165, 1.54) is 44.9 Å². The van der Waals surface area contributed by atoms with Crippen LogP contribution in [0.2, 0.25) is 0 Å². The third-order valence-corrected chi connectivity index (χ3v) is 7.78. The Morgan fingerprint density at radius 2 is 1.28 bits per heavy atom. The van der Waals surface area contributed by atoms with Crippen molar-refractivity contribution in [1.29, 1.82) is 0 Å². The lowest BCUT2D eigenvalue weighted by atomic mass is 9.58. The number of rotatable bonds is 18. The molecule has 0 radical (unpaired) electrons. The summed E-state index contributed by atoms with van der Waals surface area (Å²) in [5.41, 5.74) is -0.837. The molecule has 1 aliphatic rings. The lowest BCUT2D eigenvalue weighted by Gasteiger charge is -2.44. The Bertz CT molecular complexity index is 528. The third-order valence-electron chi connectivity index (χ3n) is 7.78. The molecule has 0 aromatic rings. The zero-order chi connectivity index (χ0) is 24.0. The summed E-state index contributed by atoms with van der Waals surface area (Å²) < 4.78 is 0. The highest BCUT2D eigenvalue weighted by atomic mass is 16.4. The molecule has 1 saturated carbocycles. The van der Waals surface area contributed by atoms with Gasteiger partial charge in [-0.15, -0.1) is 0 Å². The van der Waals surface area contributed by atoms with Crippen LogP contribution < -0.4 is 0 Å². The lowest BCUT2D eigenvalue weighted by molar-refractivity contribution is -0.164. The minimum atomic E-state index is -0.837. The Morgan fingerprint density at radius 1 is 0.781 bits per heavy atom. The maximum Gasteiger partial charge on any atom is 0.309 e. The Balaban J connectivity index is 2.58. The first kappa shape index (κ1) is 29.0. The molecule has 0 aliphatic heterocycles. The van der Waals surface area contributed by atoms with Gasteiger partial charge in [-0.1, -0.05) is 111 Å². The lowest BCUT2D eigenvalue weighted by Crippen LogP contribution is -2.47. The predicted molar refractivity (Wildman–Crippen MR) is 133 cm³/mol. The molecule has 188 valence electrons. The summed E-state index contributed by atoms with van der Waals surface area (Å²) in [6, 6.07) is 0. The van der Waals surface area contributed by atoms with E-state index in [0.29, 0.717) is 25.2 Å². The van der Waals surface area contributed by atoms with Crippen LogP contribution in [0, 0.1) is 29.1 Å². The fourth-order valence-electron chi connectivity index (χ4n) is 5.84. The van der Waals surface area contributed by atoms with Gasteiger partial charge >= 0.3 is 11.9 Å². The molecular formula is C28H52O4. The maximum atomic E-state index is 12.5. The van der Waals surface area contributed by atoms with E-state index < -0.39 is 23.3 Å². The first-order chi connectivity index (χ1) is 15.2. The molecular weight excluding hydrogens is 400 g/mol. The smallest absolute Gasteiger partial charge is 0.309 e. The average molecular weight is 453 g/mol. The molecule has 0 spiro atoms. The molecule has 3 atom stereocenters. The van der Waals surface area contributed by atoms with Crippen LogP contribution >= 0.6 is 0 Å². The number of hydrogen-bond acceptors (Lipinski definition) is 2. The first-order valence-corrected chi connectivity index (χ1v) is 13.7. The van der Waals surface area contributed by atoms with Gasteiger partial charge in [0.2, 0.25) is 0 Å². The number of unbranched alkanes of at least 4 members (excludes halogenated alkanes) is 8. The molecule has 0 heterocycles. The second-order valence-electron chi connectivity index (χ2n) is 11.3. The van der Waals surface area contributed by atoms with Gasteiger partial charge in [-0.05, 0) is 43.4 Å². The van der Waals surface area contributed by atoms with Crippen molar-refractivity contribution in [2.75, 3.05) is 0 Å². The number of hydrogen-bond donors (Lipinski definition) is 2. The largest absolute Gasteiger partial charge is 0.481 e. The van der Waals surface area contributed by atoms with Crippen LogP contribution in [0.5, 0.6) is 0 Å². The van der Waals surface area contributed by atoms with E-state index in [9.17, 15) is 19.8 Å². The van der Waals surface area contributed by atoms with E-state index >= 15 is 0 Å². The fourth-order valence-corrected chi connectivity index (χ4v) is 5.84. The topological polar surface area (TPSA) is 74.6 Å². The van der Waals surface area contributed by atoms with E-state index in [1.807, 2.05) is 0 Å². The van der Waals surface area contributed by atoms with E-state index in [0.717, 1.165) is 50.9 Å². The highest BCUT2D eigenvalue weighted by Gasteiger charge is 2.52. The second kappa shape index (κ2) is 15.7.